The molecule has 2 aromatic carbocycles. The highest BCUT2D eigenvalue weighted by Gasteiger charge is 1.96. The van der Waals surface area contributed by atoms with E-state index < -0.39 is 0 Å². The summed E-state index contributed by atoms with van der Waals surface area (Å²) in [5, 5.41) is 0. The zero-order valence-electron chi connectivity index (χ0n) is 10.3. The highest BCUT2D eigenvalue weighted by atomic mass is 14.0. The lowest BCUT2D eigenvalue weighted by Gasteiger charge is -2.02. The first-order valence-corrected chi connectivity index (χ1v) is 5.95. The summed E-state index contributed by atoms with van der Waals surface area (Å²) in [7, 11) is 0. The molecule has 2 aromatic rings. The van der Waals surface area contributed by atoms with Gasteiger partial charge in [-0.1, -0.05) is 60.7 Å². The molecule has 0 fully saturated rings. The molecular formula is C17H16. The van der Waals surface area contributed by atoms with E-state index in [0.29, 0.717) is 0 Å². The third kappa shape index (κ3) is 2.98. The van der Waals surface area contributed by atoms with E-state index in [-0.39, 0.29) is 0 Å². The quantitative estimate of drug-likeness (QED) is 0.624. The van der Waals surface area contributed by atoms with Crippen molar-refractivity contribution in [1.82, 2.24) is 0 Å². The van der Waals surface area contributed by atoms with E-state index in [1.54, 1.807) is 0 Å². The van der Waals surface area contributed by atoms with E-state index in [0.717, 1.165) is 12.0 Å². The second-order valence-corrected chi connectivity index (χ2v) is 4.10. The molecule has 2 rings (SSSR count). The van der Waals surface area contributed by atoms with Crippen molar-refractivity contribution in [2.45, 2.75) is 20.3 Å². The van der Waals surface area contributed by atoms with Gasteiger partial charge < -0.3 is 0 Å². The van der Waals surface area contributed by atoms with Gasteiger partial charge in [0.25, 0.3) is 0 Å². The lowest BCUT2D eigenvalue weighted by atomic mass is 10.0. The topological polar surface area (TPSA) is 0 Å². The molecule has 0 heteroatoms. The van der Waals surface area contributed by atoms with E-state index >= 15 is 0 Å². The van der Waals surface area contributed by atoms with Gasteiger partial charge in [0.05, 0.1) is 0 Å². The van der Waals surface area contributed by atoms with Crippen LogP contribution in [0.2, 0.25) is 0 Å². The average Bonchev–Trinajstić information content (AvgIpc) is 2.38. The van der Waals surface area contributed by atoms with Crippen LogP contribution in [0.4, 0.5) is 0 Å². The van der Waals surface area contributed by atoms with Gasteiger partial charge in [-0.3, -0.25) is 0 Å². The minimum Gasteiger partial charge on any atom is -0.0982 e. The first kappa shape index (κ1) is 11.5. The Morgan fingerprint density at radius 3 is 1.88 bits per heavy atom. The van der Waals surface area contributed by atoms with Crippen LogP contribution in [0.25, 0.3) is 11.1 Å². The van der Waals surface area contributed by atoms with Crippen LogP contribution in [0.15, 0.2) is 48.5 Å². The Balaban J connectivity index is 2.26. The summed E-state index contributed by atoms with van der Waals surface area (Å²) in [5.41, 5.74) is 4.87. The molecule has 0 saturated heterocycles. The van der Waals surface area contributed by atoms with Gasteiger partial charge in [0.1, 0.15) is 0 Å². The monoisotopic (exact) mass is 220 g/mol. The molecule has 0 spiro atoms. The number of rotatable bonds is 1. The molecule has 0 bridgehead atoms. The van der Waals surface area contributed by atoms with Crippen molar-refractivity contribution in [3.63, 3.8) is 0 Å². The molecule has 0 aromatic heterocycles. The number of benzene rings is 2. The normalized spacial score (nSPS) is 9.53. The average molecular weight is 220 g/mol. The Morgan fingerprint density at radius 2 is 1.35 bits per heavy atom. The predicted octanol–water partition coefficient (Wildman–Crippen LogP) is 4.42. The lowest BCUT2D eigenvalue weighted by Crippen LogP contribution is -1.79. The molecule has 0 atom stereocenters. The van der Waals surface area contributed by atoms with Crippen molar-refractivity contribution in [2.75, 3.05) is 0 Å². The fraction of sp³-hybridized carbons (Fsp3) is 0.176. The first-order chi connectivity index (χ1) is 8.29. The summed E-state index contributed by atoms with van der Waals surface area (Å²) in [4.78, 5) is 0. The summed E-state index contributed by atoms with van der Waals surface area (Å²) in [6.45, 7) is 4.17. The van der Waals surface area contributed by atoms with Crippen LogP contribution >= 0.6 is 0 Å². The van der Waals surface area contributed by atoms with Crippen LogP contribution in [0.3, 0.4) is 0 Å². The van der Waals surface area contributed by atoms with Crippen molar-refractivity contribution >= 4 is 0 Å². The van der Waals surface area contributed by atoms with Crippen molar-refractivity contribution in [3.8, 4) is 23.0 Å². The van der Waals surface area contributed by atoms with Gasteiger partial charge in [0, 0.05) is 12.0 Å². The van der Waals surface area contributed by atoms with Gasteiger partial charge in [-0.05, 0) is 30.2 Å². The molecule has 0 unspecified atom stereocenters. The van der Waals surface area contributed by atoms with Gasteiger partial charge in [0.15, 0.2) is 0 Å². The maximum atomic E-state index is 3.13. The van der Waals surface area contributed by atoms with Gasteiger partial charge >= 0.3 is 0 Å². The summed E-state index contributed by atoms with van der Waals surface area (Å²) in [5.74, 6) is 6.21. The zero-order chi connectivity index (χ0) is 12.1. The van der Waals surface area contributed by atoms with E-state index in [9.17, 15) is 0 Å². The van der Waals surface area contributed by atoms with Crippen LogP contribution in [-0.4, -0.2) is 0 Å². The summed E-state index contributed by atoms with van der Waals surface area (Å²) < 4.78 is 0. The second-order valence-electron chi connectivity index (χ2n) is 4.10. The fourth-order valence-corrected chi connectivity index (χ4v) is 1.68. The Labute approximate surface area is 103 Å². The molecule has 0 radical (unpaired) electrons. The second kappa shape index (κ2) is 5.37. The third-order valence-electron chi connectivity index (χ3n) is 2.68. The highest BCUT2D eigenvalue weighted by Crippen LogP contribution is 2.19. The Hall–Kier alpha value is -2.00. The minimum absolute atomic E-state index is 0.902. The van der Waals surface area contributed by atoms with Crippen molar-refractivity contribution in [3.05, 3.63) is 59.7 Å². The van der Waals surface area contributed by atoms with Crippen molar-refractivity contribution in [2.24, 2.45) is 0 Å². The highest BCUT2D eigenvalue weighted by molar-refractivity contribution is 5.64. The number of hydrogen-bond donors (Lipinski definition) is 0. The predicted molar refractivity (Wildman–Crippen MR) is 73.8 cm³/mol. The SMILES string of the molecule is CCC#Cc1ccc(-c2ccc(C)cc2)cc1. The van der Waals surface area contributed by atoms with E-state index in [1.165, 1.54) is 16.7 Å². The molecule has 0 heterocycles. The Morgan fingerprint density at radius 1 is 0.824 bits per heavy atom. The Kier molecular flexibility index (Phi) is 3.62. The summed E-state index contributed by atoms with van der Waals surface area (Å²) in [6, 6.07) is 17.0. The maximum absolute atomic E-state index is 3.13. The molecule has 0 aliphatic heterocycles. The molecule has 0 aliphatic carbocycles. The van der Waals surface area contributed by atoms with Gasteiger partial charge in [-0.2, -0.15) is 0 Å². The van der Waals surface area contributed by atoms with Gasteiger partial charge in [0.2, 0.25) is 0 Å². The zero-order valence-corrected chi connectivity index (χ0v) is 10.3. The van der Waals surface area contributed by atoms with Crippen LogP contribution in [0, 0.1) is 18.8 Å². The third-order valence-corrected chi connectivity index (χ3v) is 2.68. The fourth-order valence-electron chi connectivity index (χ4n) is 1.68. The smallest absolute Gasteiger partial charge is 0.0245 e. The number of hydrogen-bond acceptors (Lipinski definition) is 0. The van der Waals surface area contributed by atoms with Crippen LogP contribution in [-0.2, 0) is 0 Å². The van der Waals surface area contributed by atoms with E-state index in [4.69, 9.17) is 0 Å². The molecule has 0 N–H and O–H groups in total. The van der Waals surface area contributed by atoms with Crippen LogP contribution in [0.5, 0.6) is 0 Å². The lowest BCUT2D eigenvalue weighted by molar-refractivity contribution is 1.28. The van der Waals surface area contributed by atoms with E-state index in [2.05, 4.69) is 74.2 Å². The molecule has 84 valence electrons. The molecule has 0 nitrogen and oxygen atoms in total. The van der Waals surface area contributed by atoms with Gasteiger partial charge in [-0.25, -0.2) is 0 Å². The maximum Gasteiger partial charge on any atom is 0.0245 e. The standard InChI is InChI=1S/C17H16/c1-3-4-5-15-8-12-17(13-9-15)16-10-6-14(2)7-11-16/h6-13H,3H2,1-2H3. The minimum atomic E-state index is 0.902. The molecule has 0 saturated carbocycles. The molecule has 17 heavy (non-hydrogen) atoms. The van der Waals surface area contributed by atoms with Crippen molar-refractivity contribution < 1.29 is 0 Å². The largest absolute Gasteiger partial charge is 0.0982 e. The summed E-state index contributed by atoms with van der Waals surface area (Å²) in [6.07, 6.45) is 0.902. The van der Waals surface area contributed by atoms with Crippen LogP contribution in [0.1, 0.15) is 24.5 Å². The molecule has 0 aliphatic rings. The Bertz CT molecular complexity index is 533. The van der Waals surface area contributed by atoms with Gasteiger partial charge in [-0.15, -0.1) is 0 Å². The molecule has 0 amide bonds. The summed E-state index contributed by atoms with van der Waals surface area (Å²) >= 11 is 0. The van der Waals surface area contributed by atoms with E-state index in [1.807, 2.05) is 0 Å². The van der Waals surface area contributed by atoms with Crippen molar-refractivity contribution in [1.29, 1.82) is 0 Å². The number of aryl methyl sites for hydroxylation is 1. The first-order valence-electron chi connectivity index (χ1n) is 5.95. The molecular weight excluding hydrogens is 204 g/mol. The van der Waals surface area contributed by atoms with Crippen LogP contribution < -0.4 is 0 Å².